The fraction of sp³-hybridized carbons (Fsp3) is 0.615. The molecule has 0 spiro atoms. The van der Waals surface area contributed by atoms with Gasteiger partial charge in [-0.15, -0.1) is 0 Å². The van der Waals surface area contributed by atoms with Gasteiger partial charge >= 0.3 is 7.12 Å². The van der Waals surface area contributed by atoms with Crippen LogP contribution in [0.15, 0.2) is 12.1 Å². The minimum absolute atomic E-state index is 0.0757. The lowest BCUT2D eigenvalue weighted by Crippen LogP contribution is -2.41. The molecule has 1 saturated heterocycles. The first-order valence-corrected chi connectivity index (χ1v) is 6.48. The van der Waals surface area contributed by atoms with Crippen LogP contribution in [0.5, 0.6) is 0 Å². The lowest BCUT2D eigenvalue weighted by molar-refractivity contribution is 0.00578. The number of anilines is 1. The third-order valence-electron chi connectivity index (χ3n) is 3.82. The number of rotatable bonds is 3. The summed E-state index contributed by atoms with van der Waals surface area (Å²) >= 11 is 0. The molecule has 0 atom stereocenters. The summed E-state index contributed by atoms with van der Waals surface area (Å²) in [6, 6.07) is 3.62. The topological polar surface area (TPSA) is 77.6 Å². The molecule has 1 aliphatic rings. The number of aliphatic hydroxyl groups is 1. The molecule has 6 heteroatoms. The quantitative estimate of drug-likeness (QED) is 0.777. The molecule has 19 heavy (non-hydrogen) atoms. The van der Waals surface area contributed by atoms with Crippen LogP contribution >= 0.6 is 0 Å². The van der Waals surface area contributed by atoms with Gasteiger partial charge in [0.25, 0.3) is 0 Å². The second-order valence-electron chi connectivity index (χ2n) is 5.89. The Bertz CT molecular complexity index is 461. The van der Waals surface area contributed by atoms with Gasteiger partial charge in [-0.05, 0) is 51.8 Å². The van der Waals surface area contributed by atoms with Crippen molar-refractivity contribution in [3.05, 3.63) is 17.7 Å². The largest absolute Gasteiger partial charge is 0.514 e. The molecule has 5 nitrogen and oxygen atoms in total. The van der Waals surface area contributed by atoms with Crippen molar-refractivity contribution in [2.45, 2.75) is 45.3 Å². The van der Waals surface area contributed by atoms with Crippen LogP contribution in [0.3, 0.4) is 0 Å². The number of hydrogen-bond donors (Lipinski definition) is 2. The zero-order valence-electron chi connectivity index (χ0n) is 11.9. The highest BCUT2D eigenvalue weighted by Gasteiger charge is 2.52. The van der Waals surface area contributed by atoms with E-state index in [1.54, 1.807) is 6.07 Å². The third-order valence-corrected chi connectivity index (χ3v) is 3.82. The second kappa shape index (κ2) is 4.78. The maximum absolute atomic E-state index is 9.01. The van der Waals surface area contributed by atoms with E-state index in [0.29, 0.717) is 17.8 Å². The van der Waals surface area contributed by atoms with Crippen LogP contribution < -0.4 is 11.3 Å². The Hall–Kier alpha value is -1.11. The van der Waals surface area contributed by atoms with Gasteiger partial charge in [-0.1, -0.05) is 0 Å². The number of hydrogen-bond acceptors (Lipinski definition) is 5. The summed E-state index contributed by atoms with van der Waals surface area (Å²) in [6.45, 7) is 8.05. The van der Waals surface area contributed by atoms with Gasteiger partial charge in [0.1, 0.15) is 5.82 Å². The predicted octanol–water partition coefficient (Wildman–Crippen LogP) is 0.498. The number of nitrogens with zero attached hydrogens (tertiary/aromatic N) is 1. The average Bonchev–Trinajstić information content (AvgIpc) is 2.48. The van der Waals surface area contributed by atoms with Gasteiger partial charge in [0.05, 0.1) is 16.8 Å². The number of pyridine rings is 1. The Kier molecular flexibility index (Phi) is 3.60. The van der Waals surface area contributed by atoms with Crippen LogP contribution in [-0.4, -0.2) is 35.0 Å². The van der Waals surface area contributed by atoms with Gasteiger partial charge in [0.2, 0.25) is 0 Å². The van der Waals surface area contributed by atoms with E-state index in [2.05, 4.69) is 4.98 Å². The molecule has 2 rings (SSSR count). The molecule has 1 aromatic rings. The van der Waals surface area contributed by atoms with Crippen molar-refractivity contribution < 1.29 is 14.4 Å². The van der Waals surface area contributed by atoms with Crippen molar-refractivity contribution in [2.24, 2.45) is 0 Å². The van der Waals surface area contributed by atoms with Crippen molar-refractivity contribution >= 4 is 18.5 Å². The maximum Gasteiger partial charge on any atom is 0.514 e. The molecule has 2 heterocycles. The molecule has 0 aliphatic carbocycles. The Labute approximate surface area is 114 Å². The van der Waals surface area contributed by atoms with Crippen LogP contribution in [0.1, 0.15) is 33.3 Å². The van der Waals surface area contributed by atoms with Gasteiger partial charge in [0, 0.05) is 6.61 Å². The third kappa shape index (κ3) is 2.75. The molecular formula is C13H21BN2O3. The van der Waals surface area contributed by atoms with Crippen LogP contribution in [0.2, 0.25) is 0 Å². The van der Waals surface area contributed by atoms with E-state index < -0.39 is 18.3 Å². The predicted molar refractivity (Wildman–Crippen MR) is 75.2 cm³/mol. The van der Waals surface area contributed by atoms with Crippen molar-refractivity contribution in [2.75, 3.05) is 12.3 Å². The van der Waals surface area contributed by atoms with E-state index >= 15 is 0 Å². The van der Waals surface area contributed by atoms with Crippen molar-refractivity contribution in [1.82, 2.24) is 4.98 Å². The monoisotopic (exact) mass is 264 g/mol. The molecular weight excluding hydrogens is 243 g/mol. The Morgan fingerprint density at radius 1 is 1.21 bits per heavy atom. The first kappa shape index (κ1) is 14.3. The second-order valence-corrected chi connectivity index (χ2v) is 5.89. The average molecular weight is 264 g/mol. The molecule has 1 fully saturated rings. The summed E-state index contributed by atoms with van der Waals surface area (Å²) in [5, 5.41) is 9.01. The SMILES string of the molecule is CC1(C)OB(c2cc(CCO)cc(N)n2)OC1(C)C. The van der Waals surface area contributed by atoms with E-state index in [9.17, 15) is 0 Å². The molecule has 0 saturated carbocycles. The van der Waals surface area contributed by atoms with Crippen molar-refractivity contribution in [1.29, 1.82) is 0 Å². The molecule has 0 unspecified atom stereocenters. The van der Waals surface area contributed by atoms with E-state index in [4.69, 9.17) is 20.1 Å². The minimum atomic E-state index is -0.522. The van der Waals surface area contributed by atoms with Crippen LogP contribution in [0, 0.1) is 0 Å². The minimum Gasteiger partial charge on any atom is -0.398 e. The van der Waals surface area contributed by atoms with Gasteiger partial charge < -0.3 is 20.1 Å². The number of aromatic nitrogens is 1. The number of nitrogen functional groups attached to an aromatic ring is 1. The van der Waals surface area contributed by atoms with Gasteiger partial charge in [-0.3, -0.25) is 0 Å². The van der Waals surface area contributed by atoms with Gasteiger partial charge in [-0.25, -0.2) is 4.98 Å². The standard InChI is InChI=1S/C13H21BN2O3/c1-12(2)13(3,4)19-14(18-12)10-7-9(5-6-17)8-11(15)16-10/h7-8,17H,5-6H2,1-4H3,(H2,15,16). The Morgan fingerprint density at radius 3 is 2.32 bits per heavy atom. The molecule has 1 aliphatic heterocycles. The van der Waals surface area contributed by atoms with E-state index in [-0.39, 0.29) is 6.61 Å². The lowest BCUT2D eigenvalue weighted by Gasteiger charge is -2.32. The Morgan fingerprint density at radius 2 is 1.79 bits per heavy atom. The first-order valence-electron chi connectivity index (χ1n) is 6.48. The smallest absolute Gasteiger partial charge is 0.398 e. The summed E-state index contributed by atoms with van der Waals surface area (Å²) < 4.78 is 11.9. The van der Waals surface area contributed by atoms with E-state index in [1.807, 2.05) is 33.8 Å². The highest BCUT2D eigenvalue weighted by atomic mass is 16.7. The van der Waals surface area contributed by atoms with Crippen LogP contribution in [0.4, 0.5) is 5.82 Å². The van der Waals surface area contributed by atoms with Crippen LogP contribution in [0.25, 0.3) is 0 Å². The zero-order valence-corrected chi connectivity index (χ0v) is 11.9. The highest BCUT2D eigenvalue weighted by Crippen LogP contribution is 2.36. The number of aliphatic hydroxyl groups excluding tert-OH is 1. The molecule has 1 aromatic heterocycles. The van der Waals surface area contributed by atoms with E-state index in [0.717, 1.165) is 5.56 Å². The van der Waals surface area contributed by atoms with Crippen LogP contribution in [-0.2, 0) is 15.7 Å². The fourth-order valence-electron chi connectivity index (χ4n) is 1.99. The molecule has 0 amide bonds. The number of nitrogens with two attached hydrogens (primary N) is 1. The van der Waals surface area contributed by atoms with E-state index in [1.165, 1.54) is 0 Å². The maximum atomic E-state index is 9.01. The molecule has 0 radical (unpaired) electrons. The van der Waals surface area contributed by atoms with Gasteiger partial charge in [-0.2, -0.15) is 0 Å². The molecule has 104 valence electrons. The molecule has 3 N–H and O–H groups in total. The first-order chi connectivity index (χ1) is 8.75. The summed E-state index contributed by atoms with van der Waals surface area (Å²) in [5.41, 5.74) is 6.57. The van der Waals surface area contributed by atoms with Gasteiger partial charge in [0.15, 0.2) is 0 Å². The Balaban J connectivity index is 2.29. The summed E-state index contributed by atoms with van der Waals surface area (Å²) in [4.78, 5) is 4.28. The summed E-state index contributed by atoms with van der Waals surface area (Å²) in [5.74, 6) is 0.413. The van der Waals surface area contributed by atoms with Crippen molar-refractivity contribution in [3.8, 4) is 0 Å². The normalized spacial score (nSPS) is 20.8. The zero-order chi connectivity index (χ0) is 14.3. The summed E-state index contributed by atoms with van der Waals surface area (Å²) in [7, 11) is -0.522. The fourth-order valence-corrected chi connectivity index (χ4v) is 1.99. The lowest BCUT2D eigenvalue weighted by atomic mass is 9.83. The van der Waals surface area contributed by atoms with Crippen molar-refractivity contribution in [3.63, 3.8) is 0 Å². The molecule has 0 bridgehead atoms. The highest BCUT2D eigenvalue weighted by molar-refractivity contribution is 6.61. The summed E-state index contributed by atoms with van der Waals surface area (Å²) in [6.07, 6.45) is 0.541. The molecule has 0 aromatic carbocycles.